The Balaban J connectivity index is 2.34. The van der Waals surface area contributed by atoms with Crippen molar-refractivity contribution >= 4 is 0 Å². The number of benzene rings is 1. The third-order valence-corrected chi connectivity index (χ3v) is 6.12. The molecule has 0 aliphatic heterocycles. The Bertz CT molecular complexity index is 577. The summed E-state index contributed by atoms with van der Waals surface area (Å²) in [6, 6.07) is 3.75. The second-order valence-corrected chi connectivity index (χ2v) is 8.35. The third kappa shape index (κ3) is 4.80. The maximum atomic E-state index is 10.7. The zero-order valence-corrected chi connectivity index (χ0v) is 16.7. The van der Waals surface area contributed by atoms with Crippen LogP contribution in [0.3, 0.4) is 0 Å². The molecule has 0 aromatic heterocycles. The van der Waals surface area contributed by atoms with Gasteiger partial charge < -0.3 is 10.2 Å². The second-order valence-electron chi connectivity index (χ2n) is 8.35. The zero-order chi connectivity index (χ0) is 18.6. The second kappa shape index (κ2) is 8.78. The van der Waals surface area contributed by atoms with Crippen molar-refractivity contribution in [3.63, 3.8) is 0 Å². The lowest BCUT2D eigenvalue weighted by Crippen LogP contribution is -2.26. The van der Waals surface area contributed by atoms with E-state index < -0.39 is 0 Å². The van der Waals surface area contributed by atoms with E-state index in [1.165, 1.54) is 18.4 Å². The van der Waals surface area contributed by atoms with Gasteiger partial charge in [-0.25, -0.2) is 0 Å². The van der Waals surface area contributed by atoms with Crippen molar-refractivity contribution in [2.45, 2.75) is 79.1 Å². The van der Waals surface area contributed by atoms with Crippen molar-refractivity contribution in [2.24, 2.45) is 17.8 Å². The first-order chi connectivity index (χ1) is 11.8. The van der Waals surface area contributed by atoms with Crippen molar-refractivity contribution in [3.8, 4) is 11.5 Å². The van der Waals surface area contributed by atoms with E-state index in [9.17, 15) is 10.2 Å². The fourth-order valence-electron chi connectivity index (χ4n) is 4.21. The molecule has 0 radical (unpaired) electrons. The minimum Gasteiger partial charge on any atom is -0.507 e. The van der Waals surface area contributed by atoms with Crippen molar-refractivity contribution in [2.75, 3.05) is 0 Å². The number of phenolic OH excluding ortho intramolecular Hbond substituents is 2. The molecule has 25 heavy (non-hydrogen) atoms. The summed E-state index contributed by atoms with van der Waals surface area (Å²) in [6.45, 7) is 11.2. The average molecular weight is 345 g/mol. The molecule has 2 rings (SSSR count). The van der Waals surface area contributed by atoms with E-state index in [0.29, 0.717) is 17.8 Å². The normalized spacial score (nSPS) is 22.1. The summed E-state index contributed by atoms with van der Waals surface area (Å²) in [6.07, 6.45) is 8.90. The molecule has 1 aromatic rings. The lowest BCUT2D eigenvalue weighted by atomic mass is 9.68. The van der Waals surface area contributed by atoms with Crippen LogP contribution >= 0.6 is 0 Å². The first-order valence-electron chi connectivity index (χ1n) is 10.1. The number of allylic oxidation sites excluding steroid dienone is 2. The van der Waals surface area contributed by atoms with Crippen LogP contribution in [0.1, 0.15) is 83.8 Å². The summed E-state index contributed by atoms with van der Waals surface area (Å²) in [5.41, 5.74) is 3.14. The minimum absolute atomic E-state index is 0.107. The molecule has 0 amide bonds. The SMILES string of the molecule is CCCCCc1cc(O)c([C@@H]2C=C(C)CC[C@H]2C(C)C(C)C)c(O)c1. The average Bonchev–Trinajstić information content (AvgIpc) is 2.54. The van der Waals surface area contributed by atoms with E-state index in [4.69, 9.17) is 0 Å². The third-order valence-electron chi connectivity index (χ3n) is 6.12. The van der Waals surface area contributed by atoms with Gasteiger partial charge in [0.1, 0.15) is 11.5 Å². The summed E-state index contributed by atoms with van der Waals surface area (Å²) < 4.78 is 0. The molecule has 1 aliphatic rings. The van der Waals surface area contributed by atoms with E-state index in [1.807, 2.05) is 12.1 Å². The van der Waals surface area contributed by atoms with Crippen LogP contribution in [0.5, 0.6) is 11.5 Å². The molecule has 0 spiro atoms. The van der Waals surface area contributed by atoms with E-state index in [2.05, 4.69) is 40.7 Å². The number of aryl methyl sites for hydroxylation is 1. The number of phenols is 2. The number of rotatable bonds is 7. The summed E-state index contributed by atoms with van der Waals surface area (Å²) in [5.74, 6) is 2.25. The highest BCUT2D eigenvalue weighted by molar-refractivity contribution is 5.51. The molecule has 0 saturated heterocycles. The molecule has 2 heteroatoms. The number of unbranched alkanes of at least 4 members (excludes halogenated alkanes) is 2. The Morgan fingerprint density at radius 3 is 2.28 bits per heavy atom. The van der Waals surface area contributed by atoms with Crippen LogP contribution in [-0.2, 0) is 6.42 Å². The summed E-state index contributed by atoms with van der Waals surface area (Å²) in [7, 11) is 0. The molecule has 0 fully saturated rings. The van der Waals surface area contributed by atoms with Gasteiger partial charge >= 0.3 is 0 Å². The smallest absolute Gasteiger partial charge is 0.123 e. The topological polar surface area (TPSA) is 40.5 Å². The van der Waals surface area contributed by atoms with Crippen LogP contribution < -0.4 is 0 Å². The van der Waals surface area contributed by atoms with Gasteiger partial charge in [-0.3, -0.25) is 0 Å². The molecule has 0 heterocycles. The van der Waals surface area contributed by atoms with Crippen LogP contribution in [0.2, 0.25) is 0 Å². The molecule has 0 bridgehead atoms. The molecule has 1 aliphatic carbocycles. The highest BCUT2D eigenvalue weighted by Gasteiger charge is 2.33. The number of hydrogen-bond donors (Lipinski definition) is 2. The van der Waals surface area contributed by atoms with Crippen LogP contribution in [-0.4, -0.2) is 10.2 Å². The quantitative estimate of drug-likeness (QED) is 0.434. The van der Waals surface area contributed by atoms with Gasteiger partial charge in [0.25, 0.3) is 0 Å². The van der Waals surface area contributed by atoms with Crippen molar-refractivity contribution in [1.82, 2.24) is 0 Å². The van der Waals surface area contributed by atoms with Gasteiger partial charge in [-0.05, 0) is 68.1 Å². The van der Waals surface area contributed by atoms with Crippen LogP contribution in [0.25, 0.3) is 0 Å². The van der Waals surface area contributed by atoms with E-state index >= 15 is 0 Å². The molecule has 2 N–H and O–H groups in total. The summed E-state index contributed by atoms with van der Waals surface area (Å²) in [4.78, 5) is 0. The maximum absolute atomic E-state index is 10.7. The Kier molecular flexibility index (Phi) is 6.98. The Labute approximate surface area is 154 Å². The van der Waals surface area contributed by atoms with E-state index in [-0.39, 0.29) is 17.4 Å². The predicted octanol–water partition coefficient (Wildman–Crippen LogP) is 6.56. The lowest BCUT2D eigenvalue weighted by Gasteiger charge is -2.37. The molecular weight excluding hydrogens is 308 g/mol. The van der Waals surface area contributed by atoms with Gasteiger partial charge in [0.15, 0.2) is 0 Å². The largest absolute Gasteiger partial charge is 0.507 e. The van der Waals surface area contributed by atoms with Gasteiger partial charge in [-0.2, -0.15) is 0 Å². The molecule has 140 valence electrons. The van der Waals surface area contributed by atoms with Crippen LogP contribution in [0, 0.1) is 17.8 Å². The standard InChI is InChI=1S/C23H36O2/c1-6-7-8-9-18-13-21(24)23(22(25)14-18)20-12-16(4)10-11-19(20)17(5)15(2)3/h12-15,17,19-20,24-25H,6-11H2,1-5H3/t17?,19-,20+/m0/s1. The minimum atomic E-state index is 0.107. The van der Waals surface area contributed by atoms with Gasteiger partial charge in [-0.1, -0.05) is 52.2 Å². The molecule has 3 atom stereocenters. The van der Waals surface area contributed by atoms with E-state index in [0.717, 1.165) is 36.8 Å². The van der Waals surface area contributed by atoms with Gasteiger partial charge in [0, 0.05) is 11.5 Å². The maximum Gasteiger partial charge on any atom is 0.123 e. The highest BCUT2D eigenvalue weighted by atomic mass is 16.3. The predicted molar refractivity (Wildman–Crippen MR) is 106 cm³/mol. The lowest BCUT2D eigenvalue weighted by molar-refractivity contribution is 0.229. The van der Waals surface area contributed by atoms with Crippen LogP contribution in [0.4, 0.5) is 0 Å². The van der Waals surface area contributed by atoms with Gasteiger partial charge in [-0.15, -0.1) is 0 Å². The molecule has 2 nitrogen and oxygen atoms in total. The zero-order valence-electron chi connectivity index (χ0n) is 16.7. The summed E-state index contributed by atoms with van der Waals surface area (Å²) >= 11 is 0. The fourth-order valence-corrected chi connectivity index (χ4v) is 4.21. The van der Waals surface area contributed by atoms with Gasteiger partial charge in [0.2, 0.25) is 0 Å². The monoisotopic (exact) mass is 344 g/mol. The number of aromatic hydroxyl groups is 2. The highest BCUT2D eigenvalue weighted by Crippen LogP contribution is 2.48. The van der Waals surface area contributed by atoms with Crippen molar-refractivity contribution in [3.05, 3.63) is 34.9 Å². The van der Waals surface area contributed by atoms with E-state index in [1.54, 1.807) is 0 Å². The Morgan fingerprint density at radius 2 is 1.72 bits per heavy atom. The Morgan fingerprint density at radius 1 is 1.08 bits per heavy atom. The Hall–Kier alpha value is -1.44. The number of hydrogen-bond acceptors (Lipinski definition) is 2. The van der Waals surface area contributed by atoms with Crippen LogP contribution in [0.15, 0.2) is 23.8 Å². The first-order valence-corrected chi connectivity index (χ1v) is 10.1. The van der Waals surface area contributed by atoms with Crippen molar-refractivity contribution in [1.29, 1.82) is 0 Å². The van der Waals surface area contributed by atoms with Gasteiger partial charge in [0.05, 0.1) is 0 Å². The van der Waals surface area contributed by atoms with Crippen molar-refractivity contribution < 1.29 is 10.2 Å². The molecular formula is C23H36O2. The first kappa shape index (κ1) is 19.9. The molecule has 0 saturated carbocycles. The fraction of sp³-hybridized carbons (Fsp3) is 0.652. The summed E-state index contributed by atoms with van der Waals surface area (Å²) in [5, 5.41) is 21.4. The molecule has 1 unspecified atom stereocenters. The molecule has 1 aromatic carbocycles.